The Morgan fingerprint density at radius 3 is 2.35 bits per heavy atom. The van der Waals surface area contributed by atoms with E-state index in [9.17, 15) is 4.79 Å². The van der Waals surface area contributed by atoms with Gasteiger partial charge >= 0.3 is 0 Å². The number of carbonyl (C=O) groups is 1. The van der Waals surface area contributed by atoms with Gasteiger partial charge in [0, 0.05) is 67.2 Å². The van der Waals surface area contributed by atoms with Crippen LogP contribution in [0.1, 0.15) is 35.5 Å². The van der Waals surface area contributed by atoms with E-state index in [-0.39, 0.29) is 11.4 Å². The molecule has 1 fully saturated rings. The number of hydrogen-bond acceptors (Lipinski definition) is 6. The number of rotatable bonds is 7. The summed E-state index contributed by atoms with van der Waals surface area (Å²) in [6, 6.07) is 17.1. The summed E-state index contributed by atoms with van der Waals surface area (Å²) < 4.78 is 0. The highest BCUT2D eigenvalue weighted by Crippen LogP contribution is 2.18. The minimum absolute atomic E-state index is 0.0550. The number of hydrogen-bond donors (Lipinski definition) is 2. The monoisotopic (exact) mass is 478 g/mol. The molecule has 1 aliphatic heterocycles. The van der Waals surface area contributed by atoms with Gasteiger partial charge in [0.05, 0.1) is 5.69 Å². The van der Waals surface area contributed by atoms with Crippen molar-refractivity contribution in [3.63, 3.8) is 0 Å². The predicted molar refractivity (Wildman–Crippen MR) is 137 cm³/mol. The van der Waals surface area contributed by atoms with Gasteiger partial charge in [-0.15, -0.1) is 0 Å². The van der Waals surface area contributed by atoms with Gasteiger partial charge in [-0.2, -0.15) is 0 Å². The van der Waals surface area contributed by atoms with Crippen LogP contribution in [0.5, 0.6) is 0 Å². The molecule has 3 aromatic rings. The predicted octanol–water partition coefficient (Wildman–Crippen LogP) is 3.96. The molecule has 8 heteroatoms. The van der Waals surface area contributed by atoms with E-state index in [1.165, 1.54) is 0 Å². The van der Waals surface area contributed by atoms with Crippen LogP contribution in [0.4, 0.5) is 11.6 Å². The van der Waals surface area contributed by atoms with E-state index in [4.69, 9.17) is 17.3 Å². The van der Waals surface area contributed by atoms with E-state index in [1.807, 2.05) is 73.3 Å². The van der Waals surface area contributed by atoms with Crippen molar-refractivity contribution in [1.82, 2.24) is 19.8 Å². The second-order valence-corrected chi connectivity index (χ2v) is 9.87. The zero-order chi connectivity index (χ0) is 24.1. The number of benzene rings is 2. The van der Waals surface area contributed by atoms with E-state index in [0.29, 0.717) is 36.0 Å². The lowest BCUT2D eigenvalue weighted by Gasteiger charge is -2.37. The number of halogens is 1. The van der Waals surface area contributed by atoms with E-state index in [1.54, 1.807) is 6.20 Å². The van der Waals surface area contributed by atoms with Crippen molar-refractivity contribution in [3.05, 3.63) is 82.6 Å². The fourth-order valence-electron chi connectivity index (χ4n) is 4.06. The van der Waals surface area contributed by atoms with Crippen molar-refractivity contribution < 1.29 is 4.79 Å². The molecule has 0 spiro atoms. The normalized spacial score (nSPS) is 14.8. The van der Waals surface area contributed by atoms with Gasteiger partial charge in [0.2, 0.25) is 5.95 Å². The van der Waals surface area contributed by atoms with Crippen LogP contribution < -0.4 is 11.1 Å². The quantitative estimate of drug-likeness (QED) is 0.534. The molecule has 1 aromatic heterocycles. The third kappa shape index (κ3) is 6.76. The van der Waals surface area contributed by atoms with Crippen LogP contribution in [0.3, 0.4) is 0 Å². The highest BCUT2D eigenvalue weighted by Gasteiger charge is 2.25. The number of nitrogens with zero attached hydrogens (tertiary/aromatic N) is 4. The maximum atomic E-state index is 12.9. The molecule has 4 rings (SSSR count). The van der Waals surface area contributed by atoms with Gasteiger partial charge in [-0.05, 0) is 61.9 Å². The Bertz CT molecular complexity index is 1100. The minimum atomic E-state index is -0.228. The highest BCUT2D eigenvalue weighted by molar-refractivity contribution is 6.30. The lowest BCUT2D eigenvalue weighted by molar-refractivity contribution is 0.0616. The molecule has 0 unspecified atom stereocenters. The summed E-state index contributed by atoms with van der Waals surface area (Å²) >= 11 is 5.97. The van der Waals surface area contributed by atoms with Crippen LogP contribution >= 0.6 is 11.6 Å². The standard InChI is InChI=1S/C26H31ClN6O/c1-26(2,28)18-32-13-15-33(16-14-32)24(34)20-5-9-22(10-6-20)30-25-29-12-11-23(31-25)17-19-3-7-21(27)8-4-19/h3-12H,13-18,28H2,1-2H3,(H,29,30,31). The van der Waals surface area contributed by atoms with Crippen molar-refractivity contribution in [3.8, 4) is 0 Å². The first-order valence-corrected chi connectivity index (χ1v) is 11.9. The van der Waals surface area contributed by atoms with Crippen LogP contribution in [0.2, 0.25) is 5.02 Å². The Labute approximate surface area is 206 Å². The molecule has 1 amide bonds. The van der Waals surface area contributed by atoms with Gasteiger partial charge in [0.25, 0.3) is 5.91 Å². The lowest BCUT2D eigenvalue weighted by Crippen LogP contribution is -2.54. The van der Waals surface area contributed by atoms with E-state index in [2.05, 4.69) is 20.2 Å². The van der Waals surface area contributed by atoms with Crippen molar-refractivity contribution in [1.29, 1.82) is 0 Å². The summed E-state index contributed by atoms with van der Waals surface area (Å²) in [4.78, 5) is 26.1. The molecule has 0 atom stereocenters. The maximum Gasteiger partial charge on any atom is 0.253 e. The first kappa shape index (κ1) is 24.1. The highest BCUT2D eigenvalue weighted by atomic mass is 35.5. The Morgan fingerprint density at radius 2 is 1.71 bits per heavy atom. The summed E-state index contributed by atoms with van der Waals surface area (Å²) in [5, 5.41) is 3.94. The molecule has 34 heavy (non-hydrogen) atoms. The first-order valence-electron chi connectivity index (χ1n) is 11.5. The molecule has 1 aliphatic rings. The van der Waals surface area contributed by atoms with E-state index < -0.39 is 0 Å². The average molecular weight is 479 g/mol. The first-order chi connectivity index (χ1) is 16.2. The number of amides is 1. The fraction of sp³-hybridized carbons (Fsp3) is 0.346. The molecular weight excluding hydrogens is 448 g/mol. The summed E-state index contributed by atoms with van der Waals surface area (Å²) in [5.74, 6) is 0.573. The SMILES string of the molecule is CC(C)(N)CN1CCN(C(=O)c2ccc(Nc3nccc(Cc4ccc(Cl)cc4)n3)cc2)CC1. The number of piperazine rings is 1. The van der Waals surface area contributed by atoms with Crippen molar-refractivity contribution >= 4 is 29.1 Å². The van der Waals surface area contributed by atoms with Crippen LogP contribution in [0.25, 0.3) is 0 Å². The smallest absolute Gasteiger partial charge is 0.253 e. The van der Waals surface area contributed by atoms with Gasteiger partial charge in [0.1, 0.15) is 0 Å². The minimum Gasteiger partial charge on any atom is -0.336 e. The molecule has 178 valence electrons. The largest absolute Gasteiger partial charge is 0.336 e. The van der Waals surface area contributed by atoms with Crippen LogP contribution in [-0.2, 0) is 6.42 Å². The fourth-order valence-corrected chi connectivity index (χ4v) is 4.19. The molecule has 3 N–H and O–H groups in total. The van der Waals surface area contributed by atoms with Crippen LogP contribution in [0.15, 0.2) is 60.8 Å². The Balaban J connectivity index is 1.33. The van der Waals surface area contributed by atoms with Crippen molar-refractivity contribution in [2.75, 3.05) is 38.0 Å². The van der Waals surface area contributed by atoms with Crippen LogP contribution in [-0.4, -0.2) is 63.9 Å². The average Bonchev–Trinajstić information content (AvgIpc) is 2.80. The topological polar surface area (TPSA) is 87.4 Å². The number of anilines is 2. The van der Waals surface area contributed by atoms with E-state index in [0.717, 1.165) is 36.6 Å². The number of nitrogens with two attached hydrogens (primary N) is 1. The second kappa shape index (κ2) is 10.5. The van der Waals surface area contributed by atoms with Crippen molar-refractivity contribution in [2.24, 2.45) is 5.73 Å². The summed E-state index contributed by atoms with van der Waals surface area (Å²) in [6.07, 6.45) is 2.43. The molecule has 0 bridgehead atoms. The van der Waals surface area contributed by atoms with Crippen LogP contribution in [0, 0.1) is 0 Å². The summed E-state index contributed by atoms with van der Waals surface area (Å²) in [7, 11) is 0. The van der Waals surface area contributed by atoms with Gasteiger partial charge in [-0.3, -0.25) is 9.69 Å². The third-order valence-electron chi connectivity index (χ3n) is 5.69. The van der Waals surface area contributed by atoms with E-state index >= 15 is 0 Å². The number of nitrogens with one attached hydrogen (secondary N) is 1. The Morgan fingerprint density at radius 1 is 1.03 bits per heavy atom. The zero-order valence-corrected chi connectivity index (χ0v) is 20.4. The molecule has 0 aliphatic carbocycles. The maximum absolute atomic E-state index is 12.9. The third-order valence-corrected chi connectivity index (χ3v) is 5.94. The van der Waals surface area contributed by atoms with Gasteiger partial charge < -0.3 is 16.0 Å². The number of carbonyl (C=O) groups excluding carboxylic acids is 1. The summed E-state index contributed by atoms with van der Waals surface area (Å²) in [6.45, 7) is 8.00. The molecule has 0 radical (unpaired) electrons. The Hall–Kier alpha value is -3.00. The van der Waals surface area contributed by atoms with Gasteiger partial charge in [0.15, 0.2) is 0 Å². The lowest BCUT2D eigenvalue weighted by atomic mass is 10.1. The number of aromatic nitrogens is 2. The summed E-state index contributed by atoms with van der Waals surface area (Å²) in [5.41, 5.74) is 9.44. The molecule has 7 nitrogen and oxygen atoms in total. The molecule has 2 aromatic carbocycles. The second-order valence-electron chi connectivity index (χ2n) is 9.43. The van der Waals surface area contributed by atoms with Gasteiger partial charge in [-0.25, -0.2) is 9.97 Å². The van der Waals surface area contributed by atoms with Crippen molar-refractivity contribution in [2.45, 2.75) is 25.8 Å². The molecule has 0 saturated carbocycles. The zero-order valence-electron chi connectivity index (χ0n) is 19.7. The molecule has 1 saturated heterocycles. The Kier molecular flexibility index (Phi) is 7.46. The molecular formula is C26H31ClN6O. The van der Waals surface area contributed by atoms with Gasteiger partial charge in [-0.1, -0.05) is 23.7 Å². The molecule has 2 heterocycles.